The van der Waals surface area contributed by atoms with Gasteiger partial charge in [-0.15, -0.1) is 0 Å². The Kier molecular flexibility index (Phi) is 6.62. The number of hydrogen-bond donors (Lipinski definition) is 1. The van der Waals surface area contributed by atoms with Gasteiger partial charge in [0.05, 0.1) is 25.5 Å². The highest BCUT2D eigenvalue weighted by Gasteiger charge is 2.12. The van der Waals surface area contributed by atoms with Crippen molar-refractivity contribution in [2.75, 3.05) is 31.9 Å². The molecule has 0 fully saturated rings. The molecule has 1 N–H and O–H groups in total. The lowest BCUT2D eigenvalue weighted by molar-refractivity contribution is -0.158. The van der Waals surface area contributed by atoms with E-state index in [2.05, 4.69) is 10.1 Å². The first-order chi connectivity index (χ1) is 6.06. The van der Waals surface area contributed by atoms with Crippen LogP contribution in [0, 0.1) is 0 Å². The molecule has 0 bridgehead atoms. The molecule has 0 atom stereocenters. The number of esters is 2. The van der Waals surface area contributed by atoms with E-state index < -0.39 is 11.9 Å². The molecule has 76 valence electrons. The summed E-state index contributed by atoms with van der Waals surface area (Å²) in [4.78, 5) is 21.8. The van der Waals surface area contributed by atoms with Crippen molar-refractivity contribution in [3.05, 3.63) is 0 Å². The van der Waals surface area contributed by atoms with Crippen molar-refractivity contribution in [1.29, 1.82) is 0 Å². The molecule has 0 rings (SSSR count). The molecule has 0 aromatic heterocycles. The van der Waals surface area contributed by atoms with Crippen LogP contribution in [0.25, 0.3) is 0 Å². The second-order valence-corrected chi connectivity index (χ2v) is 5.20. The zero-order valence-electron chi connectivity index (χ0n) is 8.25. The van der Waals surface area contributed by atoms with E-state index in [0.717, 1.165) is 5.75 Å². The minimum absolute atomic E-state index is 0.0791. The fourth-order valence-corrected chi connectivity index (χ4v) is 1.22. The molecule has 0 amide bonds. The molecular weight excluding hydrogens is 190 g/mol. The van der Waals surface area contributed by atoms with Gasteiger partial charge < -0.3 is 10.1 Å². The third kappa shape index (κ3) is 7.80. The van der Waals surface area contributed by atoms with Gasteiger partial charge in [0, 0.05) is 0 Å². The van der Waals surface area contributed by atoms with E-state index in [9.17, 15) is 9.59 Å². The molecule has 0 unspecified atom stereocenters. The van der Waals surface area contributed by atoms with Crippen molar-refractivity contribution in [2.24, 2.45) is 0 Å². The number of ether oxygens (including phenoxy) is 1. The van der Waals surface area contributed by atoms with Crippen molar-refractivity contribution in [3.8, 4) is 0 Å². The van der Waals surface area contributed by atoms with Crippen LogP contribution in [0.4, 0.5) is 0 Å². The van der Waals surface area contributed by atoms with E-state index in [1.165, 1.54) is 0 Å². The van der Waals surface area contributed by atoms with E-state index in [1.807, 2.05) is 12.5 Å². The van der Waals surface area contributed by atoms with Crippen LogP contribution in [0.2, 0.25) is 0 Å². The van der Waals surface area contributed by atoms with Gasteiger partial charge >= 0.3 is 11.9 Å². The molecule has 0 heterocycles. The lowest BCUT2D eigenvalue weighted by Crippen LogP contribution is -2.24. The smallest absolute Gasteiger partial charge is 0.327 e. The van der Waals surface area contributed by atoms with Gasteiger partial charge in [-0.05, 0) is 17.9 Å². The number of hydrogen-bond acceptors (Lipinski definition) is 4. The summed E-state index contributed by atoms with van der Waals surface area (Å²) in [5.74, 6) is -0.160. The minimum atomic E-state index is -0.514. The maximum atomic E-state index is 11.0. The third-order valence-electron chi connectivity index (χ3n) is 1.26. The first kappa shape index (κ1) is 12.4. The summed E-state index contributed by atoms with van der Waals surface area (Å²) in [6.07, 6.45) is 4.41. The summed E-state index contributed by atoms with van der Waals surface area (Å²) in [5.41, 5.74) is 0. The molecule has 0 saturated carbocycles. The van der Waals surface area contributed by atoms with Gasteiger partial charge in [0.15, 0.2) is 0 Å². The molecule has 0 aliphatic heterocycles. The van der Waals surface area contributed by atoms with Crippen LogP contribution in [-0.4, -0.2) is 43.8 Å². The summed E-state index contributed by atoms with van der Waals surface area (Å²) in [6.45, 7) is 0.0791. The monoisotopic (exact) mass is 206 g/mol. The first-order valence-electron chi connectivity index (χ1n) is 3.98. The van der Waals surface area contributed by atoms with Crippen molar-refractivity contribution in [1.82, 2.24) is 5.32 Å². The predicted molar refractivity (Wildman–Crippen MR) is 53.7 cm³/mol. The predicted octanol–water partition coefficient (Wildman–Crippen LogP) is -0.456. The van der Waals surface area contributed by atoms with E-state index in [0.29, 0.717) is 6.42 Å². The highest BCUT2D eigenvalue weighted by atomic mass is 32.2. The van der Waals surface area contributed by atoms with Gasteiger partial charge in [0.2, 0.25) is 0 Å². The molecule has 13 heavy (non-hydrogen) atoms. The quantitative estimate of drug-likeness (QED) is 0.376. The van der Waals surface area contributed by atoms with Crippen molar-refractivity contribution in [3.63, 3.8) is 0 Å². The Labute approximate surface area is 81.4 Å². The van der Waals surface area contributed by atoms with Gasteiger partial charge in [-0.1, -0.05) is 0 Å². The standard InChI is InChI=1S/C8H16NO3S/c1-9-6-8(11)12-7(10)4-5-13(2)3/h9H,4-6H2,1-3H3/q+1. The molecule has 0 saturated heterocycles. The van der Waals surface area contributed by atoms with Crippen LogP contribution in [0.5, 0.6) is 0 Å². The van der Waals surface area contributed by atoms with Gasteiger partial charge in [-0.3, -0.25) is 9.59 Å². The van der Waals surface area contributed by atoms with Crippen LogP contribution in [0.1, 0.15) is 6.42 Å². The molecule has 0 aliphatic carbocycles. The second-order valence-electron chi connectivity index (χ2n) is 2.82. The Morgan fingerprint density at radius 3 is 2.38 bits per heavy atom. The number of carbonyl (C=O) groups is 2. The number of likely N-dealkylation sites (N-methyl/N-ethyl adjacent to an activating group) is 1. The number of rotatable bonds is 5. The lowest BCUT2D eigenvalue weighted by atomic mass is 10.5. The molecule has 0 aromatic carbocycles. The van der Waals surface area contributed by atoms with Gasteiger partial charge in [-0.2, -0.15) is 0 Å². The van der Waals surface area contributed by atoms with Gasteiger partial charge in [0.25, 0.3) is 0 Å². The number of nitrogens with one attached hydrogen (secondary N) is 1. The van der Waals surface area contributed by atoms with E-state index >= 15 is 0 Å². The minimum Gasteiger partial charge on any atom is -0.392 e. The first-order valence-corrected chi connectivity index (χ1v) is 6.19. The Morgan fingerprint density at radius 2 is 1.92 bits per heavy atom. The average molecular weight is 206 g/mol. The largest absolute Gasteiger partial charge is 0.392 e. The maximum Gasteiger partial charge on any atom is 0.327 e. The molecule has 5 heteroatoms. The van der Waals surface area contributed by atoms with Gasteiger partial charge in [0.1, 0.15) is 5.75 Å². The SMILES string of the molecule is CNCC(=O)OC(=O)CC[S+](C)C. The fourth-order valence-electron chi connectivity index (χ4n) is 0.646. The maximum absolute atomic E-state index is 11.0. The summed E-state index contributed by atoms with van der Waals surface area (Å²) in [5, 5.41) is 2.61. The summed E-state index contributed by atoms with van der Waals surface area (Å²) in [7, 11) is 1.84. The fraction of sp³-hybridized carbons (Fsp3) is 0.750. The van der Waals surface area contributed by atoms with Crippen molar-refractivity contribution >= 4 is 22.8 Å². The van der Waals surface area contributed by atoms with Crippen LogP contribution in [0.15, 0.2) is 0 Å². The average Bonchev–Trinajstić information content (AvgIpc) is 2.01. The topological polar surface area (TPSA) is 55.4 Å². The molecule has 0 aromatic rings. The molecular formula is C8H16NO3S+. The van der Waals surface area contributed by atoms with E-state index in [4.69, 9.17) is 0 Å². The zero-order chi connectivity index (χ0) is 10.3. The lowest BCUT2D eigenvalue weighted by Gasteiger charge is -2.00. The van der Waals surface area contributed by atoms with Crippen LogP contribution in [-0.2, 0) is 25.2 Å². The Bertz CT molecular complexity index is 182. The van der Waals surface area contributed by atoms with Crippen LogP contribution >= 0.6 is 0 Å². The molecule has 0 radical (unpaired) electrons. The van der Waals surface area contributed by atoms with E-state index in [-0.39, 0.29) is 17.4 Å². The highest BCUT2D eigenvalue weighted by Crippen LogP contribution is 1.93. The van der Waals surface area contributed by atoms with Crippen LogP contribution < -0.4 is 5.32 Å². The Balaban J connectivity index is 3.56. The van der Waals surface area contributed by atoms with Crippen LogP contribution in [0.3, 0.4) is 0 Å². The van der Waals surface area contributed by atoms with Crippen molar-refractivity contribution in [2.45, 2.75) is 6.42 Å². The summed E-state index contributed by atoms with van der Waals surface area (Å²) in [6, 6.07) is 0. The second kappa shape index (κ2) is 6.91. The molecule has 0 spiro atoms. The van der Waals surface area contributed by atoms with E-state index in [1.54, 1.807) is 7.05 Å². The number of carbonyl (C=O) groups excluding carboxylic acids is 2. The van der Waals surface area contributed by atoms with Gasteiger partial charge in [-0.25, -0.2) is 0 Å². The summed E-state index contributed by atoms with van der Waals surface area (Å²) >= 11 is 0. The molecule has 4 nitrogen and oxygen atoms in total. The van der Waals surface area contributed by atoms with Crippen molar-refractivity contribution < 1.29 is 14.3 Å². The Morgan fingerprint density at radius 1 is 1.31 bits per heavy atom. The molecule has 0 aliphatic rings. The Hall–Kier alpha value is -0.550. The summed E-state index contributed by atoms with van der Waals surface area (Å²) < 4.78 is 4.51. The normalized spacial score (nSPS) is 10.2. The highest BCUT2D eigenvalue weighted by molar-refractivity contribution is 7.95. The third-order valence-corrected chi connectivity index (χ3v) is 2.28. The zero-order valence-corrected chi connectivity index (χ0v) is 9.07.